The van der Waals surface area contributed by atoms with Crippen molar-refractivity contribution in [2.45, 2.75) is 78.9 Å². The van der Waals surface area contributed by atoms with E-state index in [9.17, 15) is 19.2 Å². The number of nitrogens with zero attached hydrogens (tertiary/aromatic N) is 6. The second kappa shape index (κ2) is 22.3. The summed E-state index contributed by atoms with van der Waals surface area (Å²) in [7, 11) is 0. The first-order chi connectivity index (χ1) is 24.8. The van der Waals surface area contributed by atoms with Crippen LogP contribution in [0.1, 0.15) is 113 Å². The highest BCUT2D eigenvalue weighted by Gasteiger charge is 2.26. The summed E-state index contributed by atoms with van der Waals surface area (Å²) >= 11 is 0. The zero-order valence-corrected chi connectivity index (χ0v) is 28.5. The Kier molecular flexibility index (Phi) is 18.7. The van der Waals surface area contributed by atoms with Crippen molar-refractivity contribution in [1.82, 2.24) is 30.9 Å². The molecule has 19 heteroatoms. The maximum Gasteiger partial charge on any atom is 0.319 e. The van der Waals surface area contributed by atoms with Crippen LogP contribution in [0.25, 0.3) is 0 Å². The standard InChI is InChI=1S/C18H21N5O3.C15H17N7O4.2CH4/c1-4-11(2)16-22-17(26-23-16)15(8-12(3)24)21-18(25)20-14-7-5-6-13(9-14)10-19;16-6-8-2-1-3-9(4-8)19-15(25)20-11(5-12(18)24)14-21-13(22-26-14)10(17)7-23;;/h5-7,9,11,15H,4,8H2,1-3H3,(H2,20,21,25);1-4,10-11,23H,5,7,17H2,(H2,18,24)(H2,19,20,25);2*1H4/t11-,15-;10-,11-;;/m00../s1. The lowest BCUT2D eigenvalue weighted by Crippen LogP contribution is -2.35. The van der Waals surface area contributed by atoms with E-state index in [0.29, 0.717) is 28.3 Å². The predicted molar refractivity (Wildman–Crippen MR) is 196 cm³/mol. The molecule has 9 N–H and O–H groups in total. The Bertz CT molecular complexity index is 1790. The molecule has 2 aromatic heterocycles. The van der Waals surface area contributed by atoms with Gasteiger partial charge >= 0.3 is 12.1 Å². The summed E-state index contributed by atoms with van der Waals surface area (Å²) < 4.78 is 10.2. The topological polar surface area (TPSA) is 314 Å². The van der Waals surface area contributed by atoms with E-state index in [-0.39, 0.29) is 57.0 Å². The summed E-state index contributed by atoms with van der Waals surface area (Å²) in [6.45, 7) is 5.00. The summed E-state index contributed by atoms with van der Waals surface area (Å²) in [5, 5.41) is 44.6. The molecule has 0 saturated carbocycles. The maximum absolute atomic E-state index is 12.3. The Morgan fingerprint density at radius 1 is 0.833 bits per heavy atom. The van der Waals surface area contributed by atoms with E-state index in [1.807, 2.05) is 26.0 Å². The van der Waals surface area contributed by atoms with Crippen LogP contribution in [0.5, 0.6) is 0 Å². The summed E-state index contributed by atoms with van der Waals surface area (Å²) in [5.74, 6) is -0.0213. The highest BCUT2D eigenvalue weighted by molar-refractivity contribution is 5.91. The van der Waals surface area contributed by atoms with Gasteiger partial charge in [0.25, 0.3) is 0 Å². The normalized spacial score (nSPS) is 12.2. The van der Waals surface area contributed by atoms with Crippen LogP contribution in [-0.2, 0) is 9.59 Å². The molecular formula is C35H46N12O7. The van der Waals surface area contributed by atoms with Crippen molar-refractivity contribution in [3.05, 3.63) is 83.1 Å². The van der Waals surface area contributed by atoms with Crippen molar-refractivity contribution in [2.24, 2.45) is 11.5 Å². The van der Waals surface area contributed by atoms with E-state index in [1.54, 1.807) is 42.5 Å². The van der Waals surface area contributed by atoms with Crippen molar-refractivity contribution in [3.8, 4) is 12.1 Å². The largest absolute Gasteiger partial charge is 0.394 e. The average molecular weight is 747 g/mol. The Labute approximate surface area is 312 Å². The number of aliphatic hydroxyl groups is 1. The van der Waals surface area contributed by atoms with Gasteiger partial charge in [-0.05, 0) is 49.7 Å². The monoisotopic (exact) mass is 746 g/mol. The third-order valence-electron chi connectivity index (χ3n) is 7.10. The number of carbonyl (C=O) groups is 4. The molecule has 0 aliphatic carbocycles. The van der Waals surface area contributed by atoms with E-state index in [1.165, 1.54) is 13.0 Å². The molecule has 54 heavy (non-hydrogen) atoms. The van der Waals surface area contributed by atoms with Gasteiger partial charge in [-0.3, -0.25) is 9.59 Å². The van der Waals surface area contributed by atoms with Crippen LogP contribution in [0.2, 0.25) is 0 Å². The molecular weight excluding hydrogens is 700 g/mol. The summed E-state index contributed by atoms with van der Waals surface area (Å²) in [6.07, 6.45) is 0.592. The number of carbonyl (C=O) groups excluding carboxylic acids is 4. The number of ketones is 1. The Hall–Kier alpha value is -6.70. The Balaban J connectivity index is 0.000000521. The molecule has 4 rings (SSSR count). The molecule has 2 heterocycles. The number of nitrogens with two attached hydrogens (primary N) is 2. The Morgan fingerprint density at radius 3 is 1.72 bits per heavy atom. The quantitative estimate of drug-likeness (QED) is 0.0949. The lowest BCUT2D eigenvalue weighted by molar-refractivity contribution is -0.119. The summed E-state index contributed by atoms with van der Waals surface area (Å²) in [5.41, 5.74) is 12.4. The van der Waals surface area contributed by atoms with Crippen LogP contribution in [-0.4, -0.2) is 55.7 Å². The minimum Gasteiger partial charge on any atom is -0.394 e. The summed E-state index contributed by atoms with van der Waals surface area (Å²) in [6, 6.07) is 13.0. The van der Waals surface area contributed by atoms with E-state index in [2.05, 4.69) is 41.5 Å². The number of nitriles is 2. The fourth-order valence-electron chi connectivity index (χ4n) is 4.27. The number of anilines is 2. The minimum absolute atomic E-state index is 0. The van der Waals surface area contributed by atoms with Crippen LogP contribution in [0.4, 0.5) is 21.0 Å². The van der Waals surface area contributed by atoms with E-state index in [0.717, 1.165) is 6.42 Å². The van der Waals surface area contributed by atoms with Crippen molar-refractivity contribution in [3.63, 3.8) is 0 Å². The number of hydrogen-bond donors (Lipinski definition) is 7. The third kappa shape index (κ3) is 14.1. The fourth-order valence-corrected chi connectivity index (χ4v) is 4.27. The molecule has 19 nitrogen and oxygen atoms in total. The fraction of sp³-hybridized carbons (Fsp3) is 0.371. The van der Waals surface area contributed by atoms with Crippen molar-refractivity contribution >= 4 is 35.1 Å². The van der Waals surface area contributed by atoms with Crippen LogP contribution in [0.15, 0.2) is 57.6 Å². The van der Waals surface area contributed by atoms with Crippen molar-refractivity contribution in [1.29, 1.82) is 10.5 Å². The molecule has 288 valence electrons. The van der Waals surface area contributed by atoms with Crippen molar-refractivity contribution in [2.75, 3.05) is 17.2 Å². The highest BCUT2D eigenvalue weighted by atomic mass is 16.5. The average Bonchev–Trinajstić information content (AvgIpc) is 3.82. The Morgan fingerprint density at radius 2 is 1.30 bits per heavy atom. The first kappa shape index (κ1) is 45.3. The molecule has 4 aromatic rings. The van der Waals surface area contributed by atoms with E-state index < -0.39 is 42.7 Å². The number of aliphatic hydroxyl groups excluding tert-OH is 1. The van der Waals surface area contributed by atoms with Gasteiger partial charge in [-0.25, -0.2) is 9.59 Å². The third-order valence-corrected chi connectivity index (χ3v) is 7.10. The van der Waals surface area contributed by atoms with Crippen LogP contribution >= 0.6 is 0 Å². The van der Waals surface area contributed by atoms with Gasteiger partial charge < -0.3 is 46.9 Å². The second-order valence-corrected chi connectivity index (χ2v) is 11.3. The van der Waals surface area contributed by atoms with Gasteiger partial charge in [-0.2, -0.15) is 20.5 Å². The predicted octanol–water partition coefficient (Wildman–Crippen LogP) is 4.24. The molecule has 0 aliphatic rings. The maximum atomic E-state index is 12.3. The van der Waals surface area contributed by atoms with E-state index in [4.69, 9.17) is 36.1 Å². The van der Waals surface area contributed by atoms with E-state index >= 15 is 0 Å². The van der Waals surface area contributed by atoms with Gasteiger partial charge in [0.2, 0.25) is 17.7 Å². The van der Waals surface area contributed by atoms with Gasteiger partial charge in [-0.15, -0.1) is 0 Å². The number of Topliss-reactive ketones (excluding diaryl/α,β-unsaturated/α-hetero) is 1. The number of primary amides is 1. The van der Waals surface area contributed by atoms with Gasteiger partial charge in [0.05, 0.1) is 42.3 Å². The molecule has 2 aromatic carbocycles. The van der Waals surface area contributed by atoms with Crippen LogP contribution in [0.3, 0.4) is 0 Å². The number of rotatable bonds is 14. The molecule has 5 amide bonds. The molecule has 0 fully saturated rings. The number of nitrogens with one attached hydrogen (secondary N) is 4. The van der Waals surface area contributed by atoms with Crippen molar-refractivity contribution < 1.29 is 33.3 Å². The molecule has 0 radical (unpaired) electrons. The molecule has 0 spiro atoms. The second-order valence-electron chi connectivity index (χ2n) is 11.3. The lowest BCUT2D eigenvalue weighted by Gasteiger charge is -2.14. The first-order valence-electron chi connectivity index (χ1n) is 15.8. The van der Waals surface area contributed by atoms with Crippen LogP contribution < -0.4 is 32.7 Å². The molecule has 0 bridgehead atoms. The number of benzene rings is 2. The van der Waals surface area contributed by atoms with Gasteiger partial charge in [0.15, 0.2) is 11.6 Å². The first-order valence-corrected chi connectivity index (χ1v) is 15.8. The van der Waals surface area contributed by atoms with Gasteiger partial charge in [0, 0.05) is 23.7 Å². The SMILES string of the molecule is C.C.CC[C@H](C)c1noc([C@H](CC(C)=O)NC(=O)Nc2cccc(C#N)c2)n1.N#Cc1cccc(NC(=O)N[C@@H](CC(N)=O)c2nc([C@@H](N)CO)no2)c1. The zero-order chi connectivity index (χ0) is 38.2. The number of aromatic nitrogens is 4. The van der Waals surface area contributed by atoms with Crippen LogP contribution in [0, 0.1) is 22.7 Å². The molecule has 4 atom stereocenters. The van der Waals surface area contributed by atoms with Gasteiger partial charge in [0.1, 0.15) is 17.9 Å². The molecule has 0 unspecified atom stereocenters. The molecule has 0 saturated heterocycles. The number of hydrogen-bond acceptors (Lipinski definition) is 14. The zero-order valence-electron chi connectivity index (χ0n) is 28.5. The highest BCUT2D eigenvalue weighted by Crippen LogP contribution is 2.21. The minimum atomic E-state index is -0.987. The number of urea groups is 2. The number of amides is 5. The smallest absolute Gasteiger partial charge is 0.319 e. The molecule has 0 aliphatic heterocycles. The summed E-state index contributed by atoms with van der Waals surface area (Å²) in [4.78, 5) is 55.5. The van der Waals surface area contributed by atoms with Gasteiger partial charge in [-0.1, -0.05) is 51.1 Å². The lowest BCUT2D eigenvalue weighted by atomic mass is 10.1.